The average molecular weight is 393 g/mol. The molecule has 0 saturated carbocycles. The molecule has 4 nitrogen and oxygen atoms in total. The van der Waals surface area contributed by atoms with Crippen LogP contribution in [0.3, 0.4) is 0 Å². The van der Waals surface area contributed by atoms with E-state index in [1.165, 1.54) is 0 Å². The molecule has 0 bridgehead atoms. The van der Waals surface area contributed by atoms with Crippen LogP contribution in [0.2, 0.25) is 0 Å². The van der Waals surface area contributed by atoms with E-state index in [-0.39, 0.29) is 9.64 Å². The number of nitrogens with two attached hydrogens (primary N) is 1. The lowest BCUT2D eigenvalue weighted by Gasteiger charge is -2.23. The third-order valence-corrected chi connectivity index (χ3v) is 8.02. The summed E-state index contributed by atoms with van der Waals surface area (Å²) in [7, 11) is -3.54. The van der Waals surface area contributed by atoms with Crippen LogP contribution in [-0.4, -0.2) is 25.5 Å². The van der Waals surface area contributed by atoms with Crippen LogP contribution in [-0.2, 0) is 16.6 Å². The molecular weight excluding hydrogens is 372 g/mol. The number of benzene rings is 1. The van der Waals surface area contributed by atoms with E-state index in [1.54, 1.807) is 6.07 Å². The van der Waals surface area contributed by atoms with E-state index in [0.717, 1.165) is 29.7 Å². The smallest absolute Gasteiger partial charge is 0.241 e. The van der Waals surface area contributed by atoms with Crippen LogP contribution < -0.4 is 10.5 Å². The maximum Gasteiger partial charge on any atom is 0.241 e. The summed E-state index contributed by atoms with van der Waals surface area (Å²) >= 11 is 5.22. The van der Waals surface area contributed by atoms with Crippen molar-refractivity contribution in [1.29, 1.82) is 0 Å². The van der Waals surface area contributed by atoms with Crippen LogP contribution >= 0.6 is 27.7 Å². The minimum absolute atomic E-state index is 0.0000681. The molecule has 7 heteroatoms. The van der Waals surface area contributed by atoms with Crippen molar-refractivity contribution in [2.24, 2.45) is 5.73 Å². The Morgan fingerprint density at radius 2 is 2.19 bits per heavy atom. The first-order chi connectivity index (χ1) is 9.77. The van der Waals surface area contributed by atoms with Crippen molar-refractivity contribution in [3.8, 4) is 0 Å². The molecule has 1 aromatic carbocycles. The van der Waals surface area contributed by atoms with E-state index in [1.807, 2.05) is 24.8 Å². The van der Waals surface area contributed by atoms with Crippen LogP contribution in [0.25, 0.3) is 0 Å². The van der Waals surface area contributed by atoms with Crippen molar-refractivity contribution < 1.29 is 8.42 Å². The van der Waals surface area contributed by atoms with Crippen LogP contribution in [0.5, 0.6) is 0 Å². The summed E-state index contributed by atoms with van der Waals surface area (Å²) in [5.74, 6) is 1.10. The van der Waals surface area contributed by atoms with E-state index in [4.69, 9.17) is 5.73 Å². The van der Waals surface area contributed by atoms with Gasteiger partial charge in [0.25, 0.3) is 0 Å². The van der Waals surface area contributed by atoms with Crippen molar-refractivity contribution in [2.75, 3.05) is 12.3 Å². The Hall–Kier alpha value is -0.0800. The maximum absolute atomic E-state index is 12.6. The van der Waals surface area contributed by atoms with Crippen molar-refractivity contribution in [1.82, 2.24) is 4.72 Å². The Bertz CT molecular complexity index is 626. The normalized spacial score (nSPS) is 22.7. The first-order valence-corrected chi connectivity index (χ1v) is 10.2. The fraction of sp³-hybridized carbons (Fsp3) is 0.571. The third kappa shape index (κ3) is 4.01. The highest BCUT2D eigenvalue weighted by atomic mass is 79.9. The van der Waals surface area contributed by atoms with Crippen molar-refractivity contribution in [3.63, 3.8) is 0 Å². The van der Waals surface area contributed by atoms with Gasteiger partial charge in [-0.05, 0) is 65.6 Å². The second kappa shape index (κ2) is 6.58. The molecule has 0 amide bonds. The predicted molar refractivity (Wildman–Crippen MR) is 92.1 cm³/mol. The molecule has 1 fully saturated rings. The molecule has 0 radical (unpaired) electrons. The van der Waals surface area contributed by atoms with Gasteiger partial charge in [-0.25, -0.2) is 13.1 Å². The Morgan fingerprint density at radius 1 is 1.48 bits per heavy atom. The van der Waals surface area contributed by atoms with Gasteiger partial charge in [0, 0.05) is 22.3 Å². The number of hydrogen-bond donors (Lipinski definition) is 2. The summed E-state index contributed by atoms with van der Waals surface area (Å²) in [5, 5.41) is 0. The molecule has 2 rings (SSSR count). The highest BCUT2D eigenvalue weighted by Crippen LogP contribution is 2.37. The SMILES string of the molecule is Cc1cc(CN)cc(S(=O)(=O)NCC2(C)CCCS2)c1Br. The van der Waals surface area contributed by atoms with Gasteiger partial charge in [0.05, 0.1) is 4.90 Å². The van der Waals surface area contributed by atoms with Gasteiger partial charge in [0.15, 0.2) is 0 Å². The van der Waals surface area contributed by atoms with Gasteiger partial charge in [0.2, 0.25) is 10.0 Å². The van der Waals surface area contributed by atoms with E-state index < -0.39 is 10.0 Å². The van der Waals surface area contributed by atoms with Crippen LogP contribution in [0.4, 0.5) is 0 Å². The van der Waals surface area contributed by atoms with Gasteiger partial charge in [-0.15, -0.1) is 0 Å². The first-order valence-electron chi connectivity index (χ1n) is 6.90. The highest BCUT2D eigenvalue weighted by Gasteiger charge is 2.31. The van der Waals surface area contributed by atoms with Crippen LogP contribution in [0, 0.1) is 6.92 Å². The quantitative estimate of drug-likeness (QED) is 0.807. The molecule has 0 aliphatic carbocycles. The Labute approximate surface area is 139 Å². The number of nitrogens with one attached hydrogen (secondary N) is 1. The molecule has 21 heavy (non-hydrogen) atoms. The van der Waals surface area contributed by atoms with Crippen molar-refractivity contribution >= 4 is 37.7 Å². The zero-order valence-electron chi connectivity index (χ0n) is 12.3. The van der Waals surface area contributed by atoms with E-state index in [0.29, 0.717) is 17.6 Å². The lowest BCUT2D eigenvalue weighted by molar-refractivity contribution is 0.552. The largest absolute Gasteiger partial charge is 0.326 e. The monoisotopic (exact) mass is 392 g/mol. The van der Waals surface area contributed by atoms with Crippen molar-refractivity contribution in [2.45, 2.75) is 42.9 Å². The van der Waals surface area contributed by atoms with E-state index in [2.05, 4.69) is 27.6 Å². The molecule has 0 spiro atoms. The number of halogens is 1. The lowest BCUT2D eigenvalue weighted by Crippen LogP contribution is -2.37. The topological polar surface area (TPSA) is 72.2 Å². The molecule has 1 saturated heterocycles. The zero-order valence-corrected chi connectivity index (χ0v) is 15.5. The summed E-state index contributed by atoms with van der Waals surface area (Å²) in [6, 6.07) is 3.54. The minimum Gasteiger partial charge on any atom is -0.326 e. The molecule has 1 heterocycles. The Kier molecular flexibility index (Phi) is 5.41. The molecule has 0 aromatic heterocycles. The molecule has 1 aromatic rings. The molecule has 1 aliphatic heterocycles. The van der Waals surface area contributed by atoms with Gasteiger partial charge < -0.3 is 5.73 Å². The molecule has 1 unspecified atom stereocenters. The zero-order chi connectivity index (χ0) is 15.7. The van der Waals surface area contributed by atoms with Gasteiger partial charge in [0.1, 0.15) is 0 Å². The average Bonchev–Trinajstić information content (AvgIpc) is 2.87. The third-order valence-electron chi connectivity index (χ3n) is 3.74. The van der Waals surface area contributed by atoms with Gasteiger partial charge in [-0.3, -0.25) is 0 Å². The fourth-order valence-corrected chi connectivity index (χ4v) is 6.00. The van der Waals surface area contributed by atoms with E-state index in [9.17, 15) is 8.42 Å². The second-order valence-electron chi connectivity index (χ2n) is 5.66. The molecule has 3 N–H and O–H groups in total. The highest BCUT2D eigenvalue weighted by molar-refractivity contribution is 9.10. The number of rotatable bonds is 5. The van der Waals surface area contributed by atoms with Gasteiger partial charge in [-0.1, -0.05) is 6.07 Å². The summed E-state index contributed by atoms with van der Waals surface area (Å²) in [5.41, 5.74) is 7.33. The number of thioether (sulfide) groups is 1. The molecular formula is C14H21BrN2O2S2. The maximum atomic E-state index is 12.6. The summed E-state index contributed by atoms with van der Waals surface area (Å²) in [6.07, 6.45) is 2.19. The summed E-state index contributed by atoms with van der Waals surface area (Å²) in [4.78, 5) is 0.273. The Morgan fingerprint density at radius 3 is 2.76 bits per heavy atom. The van der Waals surface area contributed by atoms with Gasteiger partial charge in [-0.2, -0.15) is 11.8 Å². The standard InChI is InChI=1S/C14H21BrN2O2S2/c1-10-6-11(8-16)7-12(13(10)15)21(18,19)17-9-14(2)4-3-5-20-14/h6-7,17H,3-5,8-9,16H2,1-2H3. The molecule has 1 aliphatic rings. The fourth-order valence-electron chi connectivity index (χ4n) is 2.42. The number of hydrogen-bond acceptors (Lipinski definition) is 4. The molecule has 118 valence electrons. The van der Waals surface area contributed by atoms with Crippen LogP contribution in [0.15, 0.2) is 21.5 Å². The predicted octanol–water partition coefficient (Wildman–Crippen LogP) is 2.78. The first kappa shape index (κ1) is 17.3. The Balaban J connectivity index is 2.25. The summed E-state index contributed by atoms with van der Waals surface area (Å²) in [6.45, 7) is 4.77. The lowest BCUT2D eigenvalue weighted by atomic mass is 10.1. The summed E-state index contributed by atoms with van der Waals surface area (Å²) < 4.78 is 28.5. The second-order valence-corrected chi connectivity index (χ2v) is 9.87. The number of aryl methyl sites for hydroxylation is 1. The van der Waals surface area contributed by atoms with E-state index >= 15 is 0 Å². The number of sulfonamides is 1. The minimum atomic E-state index is -3.54. The molecule has 1 atom stereocenters. The van der Waals surface area contributed by atoms with Crippen molar-refractivity contribution in [3.05, 3.63) is 27.7 Å². The van der Waals surface area contributed by atoms with Crippen LogP contribution in [0.1, 0.15) is 30.9 Å². The van der Waals surface area contributed by atoms with Gasteiger partial charge >= 0.3 is 0 Å².